The predicted octanol–water partition coefficient (Wildman–Crippen LogP) is 5.72. The minimum Gasteiger partial charge on any atom is -0.371 e. The van der Waals surface area contributed by atoms with Crippen LogP contribution in [0.15, 0.2) is 48.5 Å². The van der Waals surface area contributed by atoms with Gasteiger partial charge in [-0.05, 0) is 73.9 Å². The summed E-state index contributed by atoms with van der Waals surface area (Å²) in [6.07, 6.45) is 2.50. The fraction of sp³-hybridized carbons (Fsp3) is 0.556. The molecule has 4 rings (SSSR count). The number of hydrogen-bond donors (Lipinski definition) is 0. The lowest BCUT2D eigenvalue weighted by atomic mass is 9.88. The first-order valence-electron chi connectivity index (χ1n) is 11.9. The van der Waals surface area contributed by atoms with E-state index in [0.717, 1.165) is 26.2 Å². The highest BCUT2D eigenvalue weighted by Crippen LogP contribution is 2.32. The zero-order valence-corrected chi connectivity index (χ0v) is 19.3. The molecular formula is C27H39N3. The largest absolute Gasteiger partial charge is 0.371 e. The van der Waals surface area contributed by atoms with Crippen LogP contribution in [-0.2, 0) is 0 Å². The van der Waals surface area contributed by atoms with E-state index in [2.05, 4.69) is 90.9 Å². The Morgan fingerprint density at radius 3 is 1.60 bits per heavy atom. The molecule has 2 aromatic rings. The Morgan fingerprint density at radius 1 is 0.633 bits per heavy atom. The highest BCUT2D eigenvalue weighted by atomic mass is 15.3. The third-order valence-corrected chi connectivity index (χ3v) is 7.19. The van der Waals surface area contributed by atoms with Gasteiger partial charge in [0.15, 0.2) is 0 Å². The summed E-state index contributed by atoms with van der Waals surface area (Å²) in [5.74, 6) is 1.32. The summed E-state index contributed by atoms with van der Waals surface area (Å²) < 4.78 is 0. The second-order valence-electron chi connectivity index (χ2n) is 9.72. The van der Waals surface area contributed by atoms with Crippen molar-refractivity contribution >= 4 is 11.4 Å². The third-order valence-electron chi connectivity index (χ3n) is 7.19. The molecule has 2 saturated heterocycles. The summed E-state index contributed by atoms with van der Waals surface area (Å²) in [5.41, 5.74) is 5.73. The lowest BCUT2D eigenvalue weighted by Gasteiger charge is -2.38. The van der Waals surface area contributed by atoms with Crippen LogP contribution < -0.4 is 9.80 Å². The molecule has 2 aliphatic rings. The molecule has 0 saturated carbocycles. The Bertz CT molecular complexity index is 778. The lowest BCUT2D eigenvalue weighted by molar-refractivity contribution is 0.209. The highest BCUT2D eigenvalue weighted by Gasteiger charge is 2.22. The topological polar surface area (TPSA) is 9.72 Å². The monoisotopic (exact) mass is 405 g/mol. The molecule has 0 radical (unpaired) electrons. The molecule has 2 aromatic carbocycles. The molecule has 3 heteroatoms. The van der Waals surface area contributed by atoms with E-state index in [1.807, 2.05) is 0 Å². The molecule has 3 nitrogen and oxygen atoms in total. The fourth-order valence-corrected chi connectivity index (χ4v) is 4.99. The molecule has 0 amide bonds. The summed E-state index contributed by atoms with van der Waals surface area (Å²) in [5, 5.41) is 0. The molecule has 30 heavy (non-hydrogen) atoms. The van der Waals surface area contributed by atoms with Gasteiger partial charge in [-0.1, -0.05) is 38.1 Å². The van der Waals surface area contributed by atoms with Gasteiger partial charge in [0, 0.05) is 56.7 Å². The number of benzene rings is 2. The maximum Gasteiger partial charge on any atom is 0.0368 e. The van der Waals surface area contributed by atoms with Crippen LogP contribution in [0.3, 0.4) is 0 Å². The fourth-order valence-electron chi connectivity index (χ4n) is 4.99. The van der Waals surface area contributed by atoms with E-state index in [4.69, 9.17) is 0 Å². The van der Waals surface area contributed by atoms with Gasteiger partial charge in [0.1, 0.15) is 0 Å². The van der Waals surface area contributed by atoms with E-state index >= 15 is 0 Å². The van der Waals surface area contributed by atoms with Gasteiger partial charge in [0.05, 0.1) is 0 Å². The van der Waals surface area contributed by atoms with Gasteiger partial charge < -0.3 is 9.80 Å². The first kappa shape index (κ1) is 21.2. The molecule has 0 N–H and O–H groups in total. The molecule has 0 unspecified atom stereocenters. The van der Waals surface area contributed by atoms with E-state index < -0.39 is 0 Å². The zero-order chi connectivity index (χ0) is 21.1. The molecule has 0 aromatic heterocycles. The second kappa shape index (κ2) is 9.43. The highest BCUT2D eigenvalue weighted by molar-refractivity contribution is 5.57. The zero-order valence-electron chi connectivity index (χ0n) is 19.3. The average molecular weight is 406 g/mol. The minimum absolute atomic E-state index is 0.614. The van der Waals surface area contributed by atoms with Gasteiger partial charge in [0.2, 0.25) is 0 Å². The first-order chi connectivity index (χ1) is 14.5. The van der Waals surface area contributed by atoms with Crippen LogP contribution in [-0.4, -0.2) is 50.2 Å². The SMILES string of the molecule is CC(C)c1ccc(C2CCN(c3ccc(N4CCN(C(C)C)CC4)cc3)CC2)cc1. The molecule has 0 atom stereocenters. The van der Waals surface area contributed by atoms with Crippen molar-refractivity contribution in [2.75, 3.05) is 49.1 Å². The summed E-state index contributed by atoms with van der Waals surface area (Å²) in [4.78, 5) is 7.68. The van der Waals surface area contributed by atoms with Gasteiger partial charge in [-0.25, -0.2) is 0 Å². The van der Waals surface area contributed by atoms with Crippen LogP contribution in [0.4, 0.5) is 11.4 Å². The van der Waals surface area contributed by atoms with Crippen LogP contribution in [0.1, 0.15) is 63.5 Å². The van der Waals surface area contributed by atoms with Crippen LogP contribution in [0.5, 0.6) is 0 Å². The molecule has 0 spiro atoms. The summed E-state index contributed by atoms with van der Waals surface area (Å²) in [6.45, 7) is 16.1. The quantitative estimate of drug-likeness (QED) is 0.629. The molecule has 0 aliphatic carbocycles. The van der Waals surface area contributed by atoms with Crippen molar-refractivity contribution in [1.29, 1.82) is 0 Å². The normalized spacial score (nSPS) is 19.1. The van der Waals surface area contributed by atoms with Crippen molar-refractivity contribution in [3.63, 3.8) is 0 Å². The Labute approximate surface area is 183 Å². The van der Waals surface area contributed by atoms with Gasteiger partial charge in [-0.15, -0.1) is 0 Å². The number of rotatable bonds is 5. The minimum atomic E-state index is 0.614. The van der Waals surface area contributed by atoms with Crippen LogP contribution >= 0.6 is 0 Å². The molecule has 2 fully saturated rings. The number of hydrogen-bond acceptors (Lipinski definition) is 3. The van der Waals surface area contributed by atoms with Crippen molar-refractivity contribution in [1.82, 2.24) is 4.90 Å². The molecular weight excluding hydrogens is 366 g/mol. The van der Waals surface area contributed by atoms with E-state index in [-0.39, 0.29) is 0 Å². The Kier molecular flexibility index (Phi) is 6.67. The van der Waals surface area contributed by atoms with Gasteiger partial charge in [0.25, 0.3) is 0 Å². The number of anilines is 2. The van der Waals surface area contributed by atoms with Gasteiger partial charge in [-0.3, -0.25) is 4.90 Å². The van der Waals surface area contributed by atoms with Gasteiger partial charge >= 0.3 is 0 Å². The summed E-state index contributed by atoms with van der Waals surface area (Å²) >= 11 is 0. The van der Waals surface area contributed by atoms with Crippen molar-refractivity contribution in [3.8, 4) is 0 Å². The standard InChI is InChI=1S/C27H39N3/c1-21(2)23-5-7-24(8-6-23)25-13-15-29(16-14-25)26-9-11-27(12-10-26)30-19-17-28(18-20-30)22(3)4/h5-12,21-22,25H,13-20H2,1-4H3. The van der Waals surface area contributed by atoms with E-state index in [9.17, 15) is 0 Å². The lowest BCUT2D eigenvalue weighted by Crippen LogP contribution is -2.48. The molecule has 162 valence electrons. The van der Waals surface area contributed by atoms with Crippen molar-refractivity contribution in [2.45, 2.75) is 58.4 Å². The van der Waals surface area contributed by atoms with Crippen molar-refractivity contribution in [2.24, 2.45) is 0 Å². The Balaban J connectivity index is 1.31. The number of piperazine rings is 1. The first-order valence-corrected chi connectivity index (χ1v) is 11.9. The van der Waals surface area contributed by atoms with Crippen molar-refractivity contribution in [3.05, 3.63) is 59.7 Å². The second-order valence-corrected chi connectivity index (χ2v) is 9.72. The summed E-state index contributed by atoms with van der Waals surface area (Å²) in [7, 11) is 0. The van der Waals surface area contributed by atoms with E-state index in [1.165, 1.54) is 48.4 Å². The molecule has 2 heterocycles. The predicted molar refractivity (Wildman–Crippen MR) is 130 cm³/mol. The van der Waals surface area contributed by atoms with Gasteiger partial charge in [-0.2, -0.15) is 0 Å². The summed E-state index contributed by atoms with van der Waals surface area (Å²) in [6, 6.07) is 19.4. The smallest absolute Gasteiger partial charge is 0.0368 e. The third kappa shape index (κ3) is 4.83. The number of nitrogens with zero attached hydrogens (tertiary/aromatic N) is 3. The van der Waals surface area contributed by atoms with Crippen molar-refractivity contribution < 1.29 is 0 Å². The van der Waals surface area contributed by atoms with Crippen LogP contribution in [0.25, 0.3) is 0 Å². The van der Waals surface area contributed by atoms with E-state index in [0.29, 0.717) is 17.9 Å². The maximum atomic E-state index is 2.57. The van der Waals surface area contributed by atoms with Crippen LogP contribution in [0, 0.1) is 0 Å². The Morgan fingerprint density at radius 2 is 1.13 bits per heavy atom. The van der Waals surface area contributed by atoms with Crippen LogP contribution in [0.2, 0.25) is 0 Å². The Hall–Kier alpha value is -2.00. The molecule has 2 aliphatic heterocycles. The molecule has 0 bridgehead atoms. The van der Waals surface area contributed by atoms with E-state index in [1.54, 1.807) is 0 Å². The number of piperidine rings is 1. The maximum absolute atomic E-state index is 2.57. The average Bonchev–Trinajstić information content (AvgIpc) is 2.79.